The number of methoxy groups -OCH3 is 1. The van der Waals surface area contributed by atoms with Crippen molar-refractivity contribution in [2.45, 2.75) is 37.8 Å². The number of aromatic nitrogens is 1. The third kappa shape index (κ3) is 2.73. The number of hydrogen-bond acceptors (Lipinski definition) is 6. The highest BCUT2D eigenvalue weighted by Crippen LogP contribution is 2.33. The molecule has 2 aliphatic rings. The Morgan fingerprint density at radius 2 is 2.30 bits per heavy atom. The van der Waals surface area contributed by atoms with Crippen LogP contribution < -0.4 is 16.0 Å². The van der Waals surface area contributed by atoms with Gasteiger partial charge in [0.25, 0.3) is 5.91 Å². The van der Waals surface area contributed by atoms with Crippen LogP contribution in [0.1, 0.15) is 36.0 Å². The average Bonchev–Trinajstić information content (AvgIpc) is 3.18. The maximum atomic E-state index is 12.3. The molecule has 1 aromatic rings. The van der Waals surface area contributed by atoms with Crippen LogP contribution in [0.3, 0.4) is 0 Å². The molecule has 1 amide bonds. The highest BCUT2D eigenvalue weighted by atomic mass is 32.1. The van der Waals surface area contributed by atoms with E-state index in [1.807, 2.05) is 0 Å². The normalized spacial score (nSPS) is 22.9. The van der Waals surface area contributed by atoms with Crippen molar-refractivity contribution < 1.29 is 9.53 Å². The van der Waals surface area contributed by atoms with E-state index in [-0.39, 0.29) is 12.0 Å². The predicted molar refractivity (Wildman–Crippen MR) is 79.3 cm³/mol. The standard InChI is InChI=1S/C13H20N4O2S/c1-19-9-3-2-6-17(7-9)13-10(11(14)16-20-13)12(18)15-8-4-5-8/h8-9H,2-7H2,1H3,(H2,14,16)(H,15,18). The molecule has 0 bridgehead atoms. The maximum absolute atomic E-state index is 12.3. The van der Waals surface area contributed by atoms with E-state index in [2.05, 4.69) is 14.6 Å². The average molecular weight is 296 g/mol. The Balaban J connectivity index is 1.80. The molecule has 0 aromatic carbocycles. The van der Waals surface area contributed by atoms with Crippen molar-refractivity contribution in [3.05, 3.63) is 5.56 Å². The van der Waals surface area contributed by atoms with Crippen LogP contribution in [0.15, 0.2) is 0 Å². The molecule has 1 saturated carbocycles. The van der Waals surface area contributed by atoms with E-state index in [1.54, 1.807) is 7.11 Å². The van der Waals surface area contributed by atoms with E-state index in [0.29, 0.717) is 17.4 Å². The fraction of sp³-hybridized carbons (Fsp3) is 0.692. The van der Waals surface area contributed by atoms with Gasteiger partial charge >= 0.3 is 0 Å². The molecule has 3 N–H and O–H groups in total. The second-order valence-corrected chi connectivity index (χ2v) is 6.19. The number of amides is 1. The summed E-state index contributed by atoms with van der Waals surface area (Å²) in [7, 11) is 1.73. The number of carbonyl (C=O) groups is 1. The molecule has 20 heavy (non-hydrogen) atoms. The predicted octanol–water partition coefficient (Wildman–Crippen LogP) is 1.23. The highest BCUT2D eigenvalue weighted by molar-refractivity contribution is 7.11. The zero-order valence-corrected chi connectivity index (χ0v) is 12.4. The van der Waals surface area contributed by atoms with E-state index >= 15 is 0 Å². The molecule has 1 aliphatic heterocycles. The van der Waals surface area contributed by atoms with Crippen molar-refractivity contribution in [1.82, 2.24) is 9.69 Å². The lowest BCUT2D eigenvalue weighted by Crippen LogP contribution is -2.40. The van der Waals surface area contributed by atoms with Gasteiger partial charge in [0.05, 0.1) is 6.10 Å². The largest absolute Gasteiger partial charge is 0.382 e. The zero-order chi connectivity index (χ0) is 14.1. The van der Waals surface area contributed by atoms with Crippen LogP contribution >= 0.6 is 11.5 Å². The van der Waals surface area contributed by atoms with Crippen LogP contribution in [0.5, 0.6) is 0 Å². The number of hydrogen-bond donors (Lipinski definition) is 2. The highest BCUT2D eigenvalue weighted by Gasteiger charge is 2.30. The molecule has 1 atom stereocenters. The van der Waals surface area contributed by atoms with Crippen molar-refractivity contribution in [2.75, 3.05) is 30.8 Å². The van der Waals surface area contributed by atoms with E-state index < -0.39 is 0 Å². The Bertz CT molecular complexity index is 501. The quantitative estimate of drug-likeness (QED) is 0.873. The van der Waals surface area contributed by atoms with Gasteiger partial charge in [0.2, 0.25) is 0 Å². The molecule has 7 heteroatoms. The van der Waals surface area contributed by atoms with E-state index in [1.165, 1.54) is 11.5 Å². The molecule has 1 aromatic heterocycles. The van der Waals surface area contributed by atoms with Gasteiger partial charge < -0.3 is 20.7 Å². The molecule has 0 radical (unpaired) electrons. The minimum absolute atomic E-state index is 0.0895. The van der Waals surface area contributed by atoms with Crippen LogP contribution in [0, 0.1) is 0 Å². The molecule has 1 unspecified atom stereocenters. The van der Waals surface area contributed by atoms with Gasteiger partial charge in [-0.1, -0.05) is 0 Å². The first-order valence-electron chi connectivity index (χ1n) is 7.02. The van der Waals surface area contributed by atoms with Gasteiger partial charge in [-0.3, -0.25) is 4.79 Å². The van der Waals surface area contributed by atoms with Crippen molar-refractivity contribution in [2.24, 2.45) is 0 Å². The Morgan fingerprint density at radius 3 is 3.00 bits per heavy atom. The lowest BCUT2D eigenvalue weighted by atomic mass is 10.1. The monoisotopic (exact) mass is 296 g/mol. The number of rotatable bonds is 4. The number of nitrogen functional groups attached to an aromatic ring is 1. The molecule has 2 heterocycles. The van der Waals surface area contributed by atoms with Gasteiger partial charge in [-0.05, 0) is 37.2 Å². The van der Waals surface area contributed by atoms with E-state index in [0.717, 1.165) is 43.8 Å². The summed E-state index contributed by atoms with van der Waals surface area (Å²) in [5.74, 6) is 0.246. The van der Waals surface area contributed by atoms with Gasteiger partial charge in [0.1, 0.15) is 10.6 Å². The summed E-state index contributed by atoms with van der Waals surface area (Å²) < 4.78 is 9.60. The maximum Gasteiger partial charge on any atom is 0.258 e. The van der Waals surface area contributed by atoms with Gasteiger partial charge in [-0.25, -0.2) is 0 Å². The summed E-state index contributed by atoms with van der Waals surface area (Å²) in [4.78, 5) is 14.5. The molecule has 1 aliphatic carbocycles. The molecule has 110 valence electrons. The topological polar surface area (TPSA) is 80.5 Å². The van der Waals surface area contributed by atoms with Gasteiger partial charge in [-0.2, -0.15) is 4.37 Å². The molecule has 2 fully saturated rings. The second-order valence-electron chi connectivity index (χ2n) is 5.44. The van der Waals surface area contributed by atoms with Crippen LogP contribution in [0.4, 0.5) is 10.8 Å². The number of carbonyl (C=O) groups excluding carboxylic acids is 1. The first-order chi connectivity index (χ1) is 9.69. The fourth-order valence-corrected chi connectivity index (χ4v) is 3.37. The Kier molecular flexibility index (Phi) is 3.80. The fourth-order valence-electron chi connectivity index (χ4n) is 2.52. The van der Waals surface area contributed by atoms with Gasteiger partial charge in [-0.15, -0.1) is 0 Å². The molecule has 0 spiro atoms. The number of piperidine rings is 1. The molecular weight excluding hydrogens is 276 g/mol. The summed E-state index contributed by atoms with van der Waals surface area (Å²) in [6.07, 6.45) is 4.46. The Morgan fingerprint density at radius 1 is 1.50 bits per heavy atom. The number of nitrogens with zero attached hydrogens (tertiary/aromatic N) is 2. The van der Waals surface area contributed by atoms with Crippen molar-refractivity contribution >= 4 is 28.3 Å². The lowest BCUT2D eigenvalue weighted by Gasteiger charge is -2.32. The smallest absolute Gasteiger partial charge is 0.258 e. The SMILES string of the molecule is COC1CCCN(c2snc(N)c2C(=O)NC2CC2)C1. The molecule has 3 rings (SSSR count). The minimum Gasteiger partial charge on any atom is -0.382 e. The summed E-state index contributed by atoms with van der Waals surface area (Å²) >= 11 is 1.31. The Hall–Kier alpha value is -1.34. The third-order valence-corrected chi connectivity index (χ3v) is 4.76. The molecule has 1 saturated heterocycles. The zero-order valence-electron chi connectivity index (χ0n) is 11.6. The van der Waals surface area contributed by atoms with Crippen LogP contribution in [0.25, 0.3) is 0 Å². The van der Waals surface area contributed by atoms with Gasteiger partial charge in [0, 0.05) is 26.2 Å². The number of anilines is 2. The minimum atomic E-state index is -0.0895. The van der Waals surface area contributed by atoms with E-state index in [4.69, 9.17) is 10.5 Å². The van der Waals surface area contributed by atoms with Crippen LogP contribution in [-0.2, 0) is 4.74 Å². The lowest BCUT2D eigenvalue weighted by molar-refractivity contribution is 0.0889. The summed E-state index contributed by atoms with van der Waals surface area (Å²) in [6.45, 7) is 1.72. The van der Waals surface area contributed by atoms with Crippen molar-refractivity contribution in [3.8, 4) is 0 Å². The van der Waals surface area contributed by atoms with Gasteiger partial charge in [0.15, 0.2) is 5.82 Å². The second kappa shape index (κ2) is 5.57. The van der Waals surface area contributed by atoms with Crippen molar-refractivity contribution in [1.29, 1.82) is 0 Å². The summed E-state index contributed by atoms with van der Waals surface area (Å²) in [6, 6.07) is 0.322. The number of nitrogens with two attached hydrogens (primary N) is 1. The number of ether oxygens (including phenoxy) is 1. The summed E-state index contributed by atoms with van der Waals surface area (Å²) in [5, 5.41) is 3.87. The third-order valence-electron chi connectivity index (χ3n) is 3.84. The first-order valence-corrected chi connectivity index (χ1v) is 7.80. The molecular formula is C13H20N4O2S. The van der Waals surface area contributed by atoms with Crippen molar-refractivity contribution in [3.63, 3.8) is 0 Å². The first kappa shape index (κ1) is 13.6. The molecule has 6 nitrogen and oxygen atoms in total. The van der Waals surface area contributed by atoms with E-state index in [9.17, 15) is 4.79 Å². The van der Waals surface area contributed by atoms with Crippen LogP contribution in [0.2, 0.25) is 0 Å². The number of nitrogens with one attached hydrogen (secondary N) is 1. The van der Waals surface area contributed by atoms with Crippen LogP contribution in [-0.4, -0.2) is 42.6 Å². The summed E-state index contributed by atoms with van der Waals surface area (Å²) in [5.41, 5.74) is 6.43. The Labute approximate surface area is 122 Å².